The van der Waals surface area contributed by atoms with Crippen LogP contribution in [0.1, 0.15) is 0 Å². The molecule has 0 spiro atoms. The molecule has 0 aliphatic rings. The van der Waals surface area contributed by atoms with Crippen LogP contribution < -0.4 is 5.23 Å². The van der Waals surface area contributed by atoms with Gasteiger partial charge in [0.05, 0.1) is 11.2 Å². The van der Waals surface area contributed by atoms with Crippen LogP contribution in [0.2, 0.25) is 0 Å². The highest BCUT2D eigenvalue weighted by Crippen LogP contribution is 2.18. The number of rotatable bonds is 1. The molecule has 66 valence electrons. The number of pyridine rings is 1. The maximum atomic E-state index is 10.5. The van der Waals surface area contributed by atoms with Crippen molar-refractivity contribution < 1.29 is 5.21 Å². The van der Waals surface area contributed by atoms with E-state index in [1.54, 1.807) is 24.4 Å². The zero-order chi connectivity index (χ0) is 9.26. The number of hydrogen-bond donors (Lipinski definition) is 1. The molecule has 0 unspecified atom stereocenters. The first-order valence-corrected chi connectivity index (χ1v) is 3.78. The van der Waals surface area contributed by atoms with Gasteiger partial charge in [-0.15, -0.1) is 0 Å². The molecule has 1 N–H and O–H groups in total. The van der Waals surface area contributed by atoms with E-state index >= 15 is 0 Å². The lowest BCUT2D eigenvalue weighted by molar-refractivity contribution is 0.296. The smallest absolute Gasteiger partial charge is 0.0703 e. The van der Waals surface area contributed by atoms with Crippen LogP contribution in [-0.2, 0) is 0 Å². The average molecular weight is 175 g/mol. The van der Waals surface area contributed by atoms with Crippen molar-refractivity contribution in [3.05, 3.63) is 41.7 Å². The van der Waals surface area contributed by atoms with Gasteiger partial charge in [-0.25, -0.2) is 0 Å². The summed E-state index contributed by atoms with van der Waals surface area (Å²) in [4.78, 5) is 4.08. The fourth-order valence-corrected chi connectivity index (χ4v) is 1.18. The van der Waals surface area contributed by atoms with Gasteiger partial charge < -0.3 is 10.4 Å². The van der Waals surface area contributed by atoms with E-state index in [2.05, 4.69) is 4.98 Å². The van der Waals surface area contributed by atoms with Gasteiger partial charge in [-0.3, -0.25) is 10.2 Å². The third-order valence-corrected chi connectivity index (χ3v) is 1.81. The van der Waals surface area contributed by atoms with Gasteiger partial charge in [0.25, 0.3) is 0 Å². The molecule has 1 aromatic heterocycles. The molecule has 2 rings (SSSR count). The van der Waals surface area contributed by atoms with Gasteiger partial charge in [0.1, 0.15) is 0 Å². The van der Waals surface area contributed by atoms with E-state index in [1.165, 1.54) is 6.07 Å². The standard InChI is InChI=1S/C9H7N2O2/c12-11(13)8-3-4-9-7(6-8)2-1-5-10-9/h1-6,12H/q-1. The summed E-state index contributed by atoms with van der Waals surface area (Å²) < 4.78 is 0. The van der Waals surface area contributed by atoms with E-state index < -0.39 is 0 Å². The van der Waals surface area contributed by atoms with Crippen molar-refractivity contribution in [2.75, 3.05) is 5.23 Å². The molecule has 0 aliphatic carbocycles. The summed E-state index contributed by atoms with van der Waals surface area (Å²) in [5.74, 6) is 0. The SMILES string of the molecule is [O-]N(O)c1ccc2ncccc2c1. The van der Waals surface area contributed by atoms with Crippen LogP contribution in [0, 0.1) is 5.21 Å². The lowest BCUT2D eigenvalue weighted by Crippen LogP contribution is -2.06. The van der Waals surface area contributed by atoms with E-state index in [4.69, 9.17) is 5.21 Å². The first-order chi connectivity index (χ1) is 6.27. The normalized spacial score (nSPS) is 10.3. The summed E-state index contributed by atoms with van der Waals surface area (Å²) in [5.41, 5.74) is 1.01. The lowest BCUT2D eigenvalue weighted by atomic mass is 10.2. The molecule has 1 aromatic carbocycles. The summed E-state index contributed by atoms with van der Waals surface area (Å²) in [5, 5.41) is 19.8. The van der Waals surface area contributed by atoms with Gasteiger partial charge in [0.2, 0.25) is 0 Å². The quantitative estimate of drug-likeness (QED) is 0.672. The topological polar surface area (TPSA) is 59.4 Å². The molecule has 4 nitrogen and oxygen atoms in total. The Hall–Kier alpha value is -1.65. The molecule has 4 heteroatoms. The Morgan fingerprint density at radius 1 is 1.31 bits per heavy atom. The summed E-state index contributed by atoms with van der Waals surface area (Å²) in [6, 6.07) is 8.39. The average Bonchev–Trinajstić information content (AvgIpc) is 2.17. The zero-order valence-electron chi connectivity index (χ0n) is 6.71. The number of hydrogen-bond acceptors (Lipinski definition) is 4. The van der Waals surface area contributed by atoms with E-state index in [0.29, 0.717) is 0 Å². The highest BCUT2D eigenvalue weighted by molar-refractivity contribution is 5.82. The molecule has 0 bridgehead atoms. The fourth-order valence-electron chi connectivity index (χ4n) is 1.18. The number of fused-ring (bicyclic) bond motifs is 1. The molecular weight excluding hydrogens is 168 g/mol. The van der Waals surface area contributed by atoms with Crippen LogP contribution in [-0.4, -0.2) is 10.2 Å². The first kappa shape index (κ1) is 7.97. The largest absolute Gasteiger partial charge is 0.733 e. The van der Waals surface area contributed by atoms with Crippen molar-refractivity contribution >= 4 is 16.6 Å². The fraction of sp³-hybridized carbons (Fsp3) is 0. The Morgan fingerprint density at radius 3 is 2.92 bits per heavy atom. The van der Waals surface area contributed by atoms with Crippen LogP contribution in [0.15, 0.2) is 36.5 Å². The van der Waals surface area contributed by atoms with Crippen LogP contribution in [0.25, 0.3) is 10.9 Å². The van der Waals surface area contributed by atoms with Crippen molar-refractivity contribution in [3.63, 3.8) is 0 Å². The van der Waals surface area contributed by atoms with E-state index in [0.717, 1.165) is 10.9 Å². The Bertz CT molecular complexity index is 429. The van der Waals surface area contributed by atoms with Gasteiger partial charge in [0.15, 0.2) is 0 Å². The van der Waals surface area contributed by atoms with Crippen molar-refractivity contribution in [3.8, 4) is 0 Å². The lowest BCUT2D eigenvalue weighted by Gasteiger charge is -2.21. The maximum absolute atomic E-state index is 10.5. The molecule has 0 saturated carbocycles. The summed E-state index contributed by atoms with van der Waals surface area (Å²) in [6.45, 7) is 0. The molecule has 0 aliphatic heterocycles. The molecule has 0 radical (unpaired) electrons. The minimum absolute atomic E-state index is 0.160. The molecule has 0 atom stereocenters. The number of aromatic nitrogens is 1. The van der Waals surface area contributed by atoms with E-state index in [1.807, 2.05) is 6.07 Å². The van der Waals surface area contributed by atoms with Crippen LogP contribution >= 0.6 is 0 Å². The molecule has 0 fully saturated rings. The number of anilines is 1. The van der Waals surface area contributed by atoms with Crippen LogP contribution in [0.4, 0.5) is 5.69 Å². The van der Waals surface area contributed by atoms with E-state index in [-0.39, 0.29) is 10.9 Å². The minimum atomic E-state index is -0.160. The number of nitrogens with zero attached hydrogens (tertiary/aromatic N) is 2. The van der Waals surface area contributed by atoms with Crippen molar-refractivity contribution in [1.29, 1.82) is 0 Å². The monoisotopic (exact) mass is 175 g/mol. The minimum Gasteiger partial charge on any atom is -0.733 e. The highest BCUT2D eigenvalue weighted by atomic mass is 16.8. The summed E-state index contributed by atoms with van der Waals surface area (Å²) in [7, 11) is 0. The second kappa shape index (κ2) is 3.01. The molecule has 0 amide bonds. The van der Waals surface area contributed by atoms with Gasteiger partial charge in [-0.1, -0.05) is 6.07 Å². The summed E-state index contributed by atoms with van der Waals surface area (Å²) in [6.07, 6.45) is 1.68. The van der Waals surface area contributed by atoms with Crippen LogP contribution in [0.3, 0.4) is 0 Å². The Morgan fingerprint density at radius 2 is 2.15 bits per heavy atom. The Balaban J connectivity index is 2.62. The Labute approximate surface area is 74.6 Å². The van der Waals surface area contributed by atoms with Crippen molar-refractivity contribution in [2.45, 2.75) is 0 Å². The van der Waals surface area contributed by atoms with Gasteiger partial charge in [0, 0.05) is 11.6 Å². The van der Waals surface area contributed by atoms with Gasteiger partial charge in [-0.05, 0) is 24.3 Å². The molecular formula is C9H7N2O2-. The Kier molecular flexibility index (Phi) is 1.84. The zero-order valence-corrected chi connectivity index (χ0v) is 6.71. The second-order valence-corrected chi connectivity index (χ2v) is 2.65. The third-order valence-electron chi connectivity index (χ3n) is 1.81. The van der Waals surface area contributed by atoms with E-state index in [9.17, 15) is 5.21 Å². The molecule has 0 saturated heterocycles. The highest BCUT2D eigenvalue weighted by Gasteiger charge is 1.95. The van der Waals surface area contributed by atoms with Gasteiger partial charge >= 0.3 is 0 Å². The predicted octanol–water partition coefficient (Wildman–Crippen LogP) is 1.93. The van der Waals surface area contributed by atoms with Crippen molar-refractivity contribution in [2.24, 2.45) is 0 Å². The molecule has 2 aromatic rings. The molecule has 13 heavy (non-hydrogen) atoms. The van der Waals surface area contributed by atoms with Crippen LogP contribution in [0.5, 0.6) is 0 Å². The second-order valence-electron chi connectivity index (χ2n) is 2.65. The summed E-state index contributed by atoms with van der Waals surface area (Å²) >= 11 is 0. The first-order valence-electron chi connectivity index (χ1n) is 3.78. The van der Waals surface area contributed by atoms with Gasteiger partial charge in [-0.2, -0.15) is 0 Å². The molecule has 1 heterocycles. The maximum Gasteiger partial charge on any atom is 0.0703 e. The number of benzene rings is 1. The third kappa shape index (κ3) is 1.44. The predicted molar refractivity (Wildman–Crippen MR) is 49.4 cm³/mol. The van der Waals surface area contributed by atoms with Crippen molar-refractivity contribution in [1.82, 2.24) is 4.98 Å².